The van der Waals surface area contributed by atoms with E-state index in [0.29, 0.717) is 13.2 Å². The van der Waals surface area contributed by atoms with Crippen molar-refractivity contribution in [3.05, 3.63) is 0 Å². The summed E-state index contributed by atoms with van der Waals surface area (Å²) in [6, 6.07) is 0. The van der Waals surface area contributed by atoms with Gasteiger partial charge >= 0.3 is 0 Å². The Labute approximate surface area is 247 Å². The Morgan fingerprint density at radius 2 is 0.950 bits per heavy atom. The number of aliphatic hydroxyl groups is 2. The monoisotopic (exact) mass is 574 g/mol. The van der Waals surface area contributed by atoms with Crippen molar-refractivity contribution in [2.45, 2.75) is 199 Å². The maximum absolute atomic E-state index is 14.6. The van der Waals surface area contributed by atoms with Gasteiger partial charge in [-0.05, 0) is 12.8 Å². The molecule has 1 saturated heterocycles. The van der Waals surface area contributed by atoms with E-state index in [-0.39, 0.29) is 6.61 Å². The lowest BCUT2D eigenvalue weighted by Gasteiger charge is -2.25. The number of aliphatic hydroxyl groups excluding tert-OH is 2. The van der Waals surface area contributed by atoms with Gasteiger partial charge in [-0.25, -0.2) is 4.39 Å². The van der Waals surface area contributed by atoms with E-state index in [1.54, 1.807) is 0 Å². The summed E-state index contributed by atoms with van der Waals surface area (Å²) in [6.45, 7) is 5.88. The second kappa shape index (κ2) is 27.6. The zero-order valence-corrected chi connectivity index (χ0v) is 26.5. The van der Waals surface area contributed by atoms with E-state index < -0.39 is 30.8 Å². The first-order valence-electron chi connectivity index (χ1n) is 17.5. The van der Waals surface area contributed by atoms with Crippen LogP contribution in [-0.2, 0) is 14.2 Å². The van der Waals surface area contributed by atoms with E-state index in [1.807, 2.05) is 0 Å². The molecule has 1 aliphatic heterocycles. The molecule has 0 spiro atoms. The molecule has 240 valence electrons. The van der Waals surface area contributed by atoms with Gasteiger partial charge < -0.3 is 24.4 Å². The summed E-state index contributed by atoms with van der Waals surface area (Å²) < 4.78 is 31.7. The SMILES string of the molecule is CCCCCCCCCCCCCCOC[C@@H](OCCCCCCCCCCCCCC)[C@H]1O[C@@H](O)[C@H](O)[C@H]1F. The van der Waals surface area contributed by atoms with Crippen LogP contribution in [0.4, 0.5) is 4.39 Å². The van der Waals surface area contributed by atoms with Crippen LogP contribution in [0.25, 0.3) is 0 Å². The Hall–Kier alpha value is -0.270. The summed E-state index contributed by atoms with van der Waals surface area (Å²) in [5.41, 5.74) is 0. The van der Waals surface area contributed by atoms with E-state index in [0.717, 1.165) is 25.7 Å². The summed E-state index contributed by atoms with van der Waals surface area (Å²) in [5.74, 6) is 0. The molecule has 0 aromatic heterocycles. The lowest BCUT2D eigenvalue weighted by molar-refractivity contribution is -0.163. The van der Waals surface area contributed by atoms with Crippen molar-refractivity contribution in [3.63, 3.8) is 0 Å². The molecule has 6 heteroatoms. The molecule has 0 bridgehead atoms. The molecular weight excluding hydrogens is 507 g/mol. The standard InChI is InChI=1S/C34H67FO5/c1-3-5-7-9-11-13-15-17-19-21-23-25-27-38-29-30(33-31(35)32(36)34(37)40-33)39-28-26-24-22-20-18-16-14-12-10-8-6-4-2/h30-34,36-37H,3-29H2,1-2H3/t30-,31-,32-,33-,34-/m1/s1. The Morgan fingerprint density at radius 3 is 1.32 bits per heavy atom. The number of hydrogen-bond donors (Lipinski definition) is 2. The fourth-order valence-electron chi connectivity index (χ4n) is 5.62. The molecular formula is C34H67FO5. The second-order valence-corrected chi connectivity index (χ2v) is 12.2. The minimum absolute atomic E-state index is 0.223. The average molecular weight is 575 g/mol. The number of ether oxygens (including phenoxy) is 3. The van der Waals surface area contributed by atoms with Crippen LogP contribution in [0.5, 0.6) is 0 Å². The highest BCUT2D eigenvalue weighted by Crippen LogP contribution is 2.27. The molecule has 1 aliphatic rings. The fourth-order valence-corrected chi connectivity index (χ4v) is 5.62. The van der Waals surface area contributed by atoms with Gasteiger partial charge in [0.25, 0.3) is 0 Å². The molecule has 2 N–H and O–H groups in total. The van der Waals surface area contributed by atoms with Gasteiger partial charge in [-0.1, -0.05) is 155 Å². The Morgan fingerprint density at radius 1 is 0.575 bits per heavy atom. The van der Waals surface area contributed by atoms with Crippen molar-refractivity contribution < 1.29 is 28.8 Å². The largest absolute Gasteiger partial charge is 0.385 e. The third-order valence-corrected chi connectivity index (χ3v) is 8.35. The average Bonchev–Trinajstić information content (AvgIpc) is 3.21. The molecule has 0 amide bonds. The molecule has 0 aromatic carbocycles. The maximum Gasteiger partial charge on any atom is 0.184 e. The molecule has 0 unspecified atom stereocenters. The predicted molar refractivity (Wildman–Crippen MR) is 164 cm³/mol. The quantitative estimate of drug-likeness (QED) is 0.0837. The van der Waals surface area contributed by atoms with Crippen molar-refractivity contribution in [1.82, 2.24) is 0 Å². The van der Waals surface area contributed by atoms with Gasteiger partial charge in [-0.3, -0.25) is 0 Å². The summed E-state index contributed by atoms with van der Waals surface area (Å²) in [7, 11) is 0. The number of hydrogen-bond acceptors (Lipinski definition) is 5. The summed E-state index contributed by atoms with van der Waals surface area (Å²) in [4.78, 5) is 0. The molecule has 0 aromatic rings. The molecule has 1 rings (SSSR count). The van der Waals surface area contributed by atoms with E-state index in [2.05, 4.69) is 13.8 Å². The topological polar surface area (TPSA) is 68.2 Å². The Bertz CT molecular complexity index is 523. The van der Waals surface area contributed by atoms with Crippen molar-refractivity contribution >= 4 is 0 Å². The van der Waals surface area contributed by atoms with Crippen molar-refractivity contribution in [2.75, 3.05) is 19.8 Å². The Kier molecular flexibility index (Phi) is 26.0. The van der Waals surface area contributed by atoms with Crippen LogP contribution in [0.3, 0.4) is 0 Å². The lowest BCUT2D eigenvalue weighted by Crippen LogP contribution is -2.40. The highest BCUT2D eigenvalue weighted by molar-refractivity contribution is 4.91. The zero-order chi connectivity index (χ0) is 29.1. The molecule has 0 aliphatic carbocycles. The minimum atomic E-state index is -1.67. The van der Waals surface area contributed by atoms with E-state index in [4.69, 9.17) is 14.2 Å². The van der Waals surface area contributed by atoms with Crippen LogP contribution in [0.15, 0.2) is 0 Å². The van der Waals surface area contributed by atoms with Gasteiger partial charge in [0, 0.05) is 13.2 Å². The van der Waals surface area contributed by atoms with Gasteiger partial charge in [0.05, 0.1) is 6.61 Å². The smallest absolute Gasteiger partial charge is 0.184 e. The number of alkyl halides is 1. The highest BCUT2D eigenvalue weighted by atomic mass is 19.1. The number of halogens is 1. The molecule has 1 fully saturated rings. The first-order chi connectivity index (χ1) is 19.6. The van der Waals surface area contributed by atoms with Crippen LogP contribution in [0.2, 0.25) is 0 Å². The van der Waals surface area contributed by atoms with Crippen LogP contribution in [0.1, 0.15) is 168 Å². The van der Waals surface area contributed by atoms with Gasteiger partial charge in [0.15, 0.2) is 12.5 Å². The van der Waals surface area contributed by atoms with Crippen LogP contribution in [0, 0.1) is 0 Å². The molecule has 1 heterocycles. The summed E-state index contributed by atoms with van der Waals surface area (Å²) >= 11 is 0. The molecule has 0 saturated carbocycles. The lowest BCUT2D eigenvalue weighted by atomic mass is 10.1. The highest BCUT2D eigenvalue weighted by Gasteiger charge is 2.47. The third-order valence-electron chi connectivity index (χ3n) is 8.35. The van der Waals surface area contributed by atoms with E-state index >= 15 is 0 Å². The molecule has 5 nitrogen and oxygen atoms in total. The van der Waals surface area contributed by atoms with E-state index in [9.17, 15) is 14.6 Å². The van der Waals surface area contributed by atoms with Crippen molar-refractivity contribution in [1.29, 1.82) is 0 Å². The van der Waals surface area contributed by atoms with Crippen LogP contribution >= 0.6 is 0 Å². The minimum Gasteiger partial charge on any atom is -0.385 e. The first kappa shape index (κ1) is 37.8. The predicted octanol–water partition coefficient (Wildman–Crippen LogP) is 9.21. The van der Waals surface area contributed by atoms with E-state index in [1.165, 1.54) is 128 Å². The summed E-state index contributed by atoms with van der Waals surface area (Å²) in [5, 5.41) is 19.6. The number of rotatable bonds is 30. The van der Waals surface area contributed by atoms with Crippen molar-refractivity contribution in [3.8, 4) is 0 Å². The summed E-state index contributed by atoms with van der Waals surface area (Å²) in [6.07, 6.45) is 24.5. The van der Waals surface area contributed by atoms with Crippen molar-refractivity contribution in [2.24, 2.45) is 0 Å². The van der Waals surface area contributed by atoms with Crippen LogP contribution < -0.4 is 0 Å². The first-order valence-corrected chi connectivity index (χ1v) is 17.5. The Balaban J connectivity index is 2.10. The van der Waals surface area contributed by atoms with Gasteiger partial charge in [0.1, 0.15) is 18.3 Å². The molecule has 5 atom stereocenters. The van der Waals surface area contributed by atoms with Gasteiger partial charge in [-0.2, -0.15) is 0 Å². The van der Waals surface area contributed by atoms with Gasteiger partial charge in [0.2, 0.25) is 0 Å². The second-order valence-electron chi connectivity index (χ2n) is 12.2. The van der Waals surface area contributed by atoms with Crippen LogP contribution in [-0.4, -0.2) is 60.8 Å². The zero-order valence-electron chi connectivity index (χ0n) is 26.5. The number of unbranched alkanes of at least 4 members (excludes halogenated alkanes) is 22. The fraction of sp³-hybridized carbons (Fsp3) is 1.00. The molecule has 40 heavy (non-hydrogen) atoms. The normalized spacial score (nSPS) is 21.8. The van der Waals surface area contributed by atoms with Gasteiger partial charge in [-0.15, -0.1) is 0 Å². The molecule has 0 radical (unpaired) electrons. The maximum atomic E-state index is 14.6. The third kappa shape index (κ3) is 19.8.